The Kier molecular flexibility index (Phi) is 5.17. The fourth-order valence-electron chi connectivity index (χ4n) is 2.04. The van der Waals surface area contributed by atoms with Crippen LogP contribution in [0.25, 0.3) is 0 Å². The Labute approximate surface area is 139 Å². The molecular formula is C18H16O6. The monoisotopic (exact) mass is 328 g/mol. The van der Waals surface area contributed by atoms with Crippen molar-refractivity contribution in [2.75, 3.05) is 21.3 Å². The minimum atomic E-state index is -0.603. The van der Waals surface area contributed by atoms with E-state index in [1.807, 2.05) is 0 Å². The number of carbonyl (C=O) groups excluding carboxylic acids is 1. The molecule has 0 amide bonds. The van der Waals surface area contributed by atoms with Crippen LogP contribution in [-0.4, -0.2) is 37.5 Å². The number of hydrogen-bond donors (Lipinski definition) is 2. The molecule has 0 bridgehead atoms. The zero-order chi connectivity index (χ0) is 17.7. The van der Waals surface area contributed by atoms with E-state index in [9.17, 15) is 15.0 Å². The predicted molar refractivity (Wildman–Crippen MR) is 86.6 cm³/mol. The van der Waals surface area contributed by atoms with Crippen LogP contribution in [0.3, 0.4) is 0 Å². The molecule has 0 saturated carbocycles. The van der Waals surface area contributed by atoms with E-state index in [4.69, 9.17) is 14.2 Å². The summed E-state index contributed by atoms with van der Waals surface area (Å²) >= 11 is 0. The Hall–Kier alpha value is -3.33. The SMILES string of the molecule is COC(=O)c1c(C#Cc2ccc(O)cc2O)cc(OC)cc1OC. The van der Waals surface area contributed by atoms with Crippen LogP contribution < -0.4 is 9.47 Å². The highest BCUT2D eigenvalue weighted by Crippen LogP contribution is 2.29. The molecule has 24 heavy (non-hydrogen) atoms. The van der Waals surface area contributed by atoms with Gasteiger partial charge in [0.1, 0.15) is 28.6 Å². The normalized spacial score (nSPS) is 9.62. The fourth-order valence-corrected chi connectivity index (χ4v) is 2.04. The molecule has 6 nitrogen and oxygen atoms in total. The van der Waals surface area contributed by atoms with E-state index in [1.54, 1.807) is 12.1 Å². The summed E-state index contributed by atoms with van der Waals surface area (Å²) in [6.07, 6.45) is 0. The number of esters is 1. The molecule has 0 radical (unpaired) electrons. The molecule has 0 aromatic heterocycles. The van der Waals surface area contributed by atoms with Gasteiger partial charge in [0.2, 0.25) is 0 Å². The Morgan fingerprint density at radius 3 is 2.25 bits per heavy atom. The summed E-state index contributed by atoms with van der Waals surface area (Å²) in [7, 11) is 4.16. The van der Waals surface area contributed by atoms with Crippen molar-refractivity contribution in [2.24, 2.45) is 0 Å². The number of phenolic OH excluding ortho intramolecular Hbond substituents is 2. The lowest BCUT2D eigenvalue weighted by atomic mass is 10.0. The lowest BCUT2D eigenvalue weighted by Gasteiger charge is -2.11. The average molecular weight is 328 g/mol. The summed E-state index contributed by atoms with van der Waals surface area (Å²) in [5.41, 5.74) is 0.780. The topological polar surface area (TPSA) is 85.2 Å². The summed E-state index contributed by atoms with van der Waals surface area (Å²) in [6, 6.07) is 7.16. The van der Waals surface area contributed by atoms with E-state index in [0.717, 1.165) is 0 Å². The molecule has 0 atom stereocenters. The Bertz CT molecular complexity index is 829. The molecule has 0 saturated heterocycles. The van der Waals surface area contributed by atoms with Gasteiger partial charge in [-0.15, -0.1) is 0 Å². The first-order valence-electron chi connectivity index (χ1n) is 6.88. The maximum Gasteiger partial charge on any atom is 0.342 e. The number of hydrogen-bond acceptors (Lipinski definition) is 6. The largest absolute Gasteiger partial charge is 0.508 e. The molecule has 124 valence electrons. The first-order valence-corrected chi connectivity index (χ1v) is 6.88. The lowest BCUT2D eigenvalue weighted by molar-refractivity contribution is 0.0596. The number of phenols is 2. The molecule has 0 aliphatic rings. The van der Waals surface area contributed by atoms with Crippen molar-refractivity contribution in [3.8, 4) is 34.8 Å². The van der Waals surface area contributed by atoms with Crippen LogP contribution in [0.4, 0.5) is 0 Å². The zero-order valence-electron chi connectivity index (χ0n) is 13.4. The standard InChI is InChI=1S/C18H16O6/c1-22-14-8-12(17(18(21)24-3)16(10-14)23-2)5-4-11-6-7-13(19)9-15(11)20/h6-10,19-20H,1-3H3. The van der Waals surface area contributed by atoms with Crippen LogP contribution >= 0.6 is 0 Å². The van der Waals surface area contributed by atoms with Crippen molar-refractivity contribution in [2.45, 2.75) is 0 Å². The Morgan fingerprint density at radius 2 is 1.67 bits per heavy atom. The highest BCUT2D eigenvalue weighted by molar-refractivity contribution is 5.96. The van der Waals surface area contributed by atoms with Crippen LogP contribution in [0.1, 0.15) is 21.5 Å². The molecule has 0 fully saturated rings. The molecule has 2 N–H and O–H groups in total. The minimum Gasteiger partial charge on any atom is -0.508 e. The smallest absolute Gasteiger partial charge is 0.342 e. The van der Waals surface area contributed by atoms with Gasteiger partial charge in [0.05, 0.1) is 26.9 Å². The van der Waals surface area contributed by atoms with Gasteiger partial charge >= 0.3 is 5.97 Å². The van der Waals surface area contributed by atoms with Gasteiger partial charge in [-0.1, -0.05) is 11.8 Å². The van der Waals surface area contributed by atoms with Gasteiger partial charge in [-0.3, -0.25) is 0 Å². The molecule has 6 heteroatoms. The second kappa shape index (κ2) is 7.29. The van der Waals surface area contributed by atoms with E-state index in [2.05, 4.69) is 11.8 Å². The van der Waals surface area contributed by atoms with Crippen LogP contribution in [0.2, 0.25) is 0 Å². The highest BCUT2D eigenvalue weighted by atomic mass is 16.5. The molecule has 0 spiro atoms. The van der Waals surface area contributed by atoms with E-state index >= 15 is 0 Å². The van der Waals surface area contributed by atoms with Gasteiger partial charge in [0.15, 0.2) is 0 Å². The van der Waals surface area contributed by atoms with Crippen molar-refractivity contribution in [1.29, 1.82) is 0 Å². The molecule has 0 unspecified atom stereocenters. The predicted octanol–water partition coefficient (Wildman–Crippen LogP) is 2.30. The number of ether oxygens (including phenoxy) is 3. The van der Waals surface area contributed by atoms with Crippen LogP contribution in [0.5, 0.6) is 23.0 Å². The molecule has 2 rings (SSSR count). The van der Waals surface area contributed by atoms with Crippen molar-refractivity contribution < 1.29 is 29.2 Å². The summed E-state index contributed by atoms with van der Waals surface area (Å²) < 4.78 is 15.2. The quantitative estimate of drug-likeness (QED) is 0.664. The number of benzene rings is 2. The third kappa shape index (κ3) is 3.52. The summed E-state index contributed by atoms with van der Waals surface area (Å²) in [5, 5.41) is 19.1. The fraction of sp³-hybridized carbons (Fsp3) is 0.167. The summed E-state index contributed by atoms with van der Waals surface area (Å²) in [5.74, 6) is 5.43. The van der Waals surface area contributed by atoms with E-state index in [-0.39, 0.29) is 22.8 Å². The van der Waals surface area contributed by atoms with E-state index < -0.39 is 5.97 Å². The molecule has 2 aromatic rings. The Morgan fingerprint density at radius 1 is 0.958 bits per heavy atom. The number of aromatic hydroxyl groups is 2. The molecule has 0 aliphatic heterocycles. The van der Waals surface area contributed by atoms with Crippen molar-refractivity contribution in [3.05, 3.63) is 47.0 Å². The average Bonchev–Trinajstić information content (AvgIpc) is 2.59. The van der Waals surface area contributed by atoms with Crippen LogP contribution in [-0.2, 0) is 4.74 Å². The summed E-state index contributed by atoms with van der Waals surface area (Å²) in [4.78, 5) is 12.0. The lowest BCUT2D eigenvalue weighted by Crippen LogP contribution is -2.07. The number of rotatable bonds is 3. The van der Waals surface area contributed by atoms with Crippen LogP contribution in [0, 0.1) is 11.8 Å². The third-order valence-corrected chi connectivity index (χ3v) is 3.23. The van der Waals surface area contributed by atoms with Crippen molar-refractivity contribution in [3.63, 3.8) is 0 Å². The van der Waals surface area contributed by atoms with Gasteiger partial charge in [-0.05, 0) is 18.2 Å². The molecule has 0 heterocycles. The minimum absolute atomic E-state index is 0.0728. The number of methoxy groups -OCH3 is 3. The van der Waals surface area contributed by atoms with Crippen molar-refractivity contribution >= 4 is 5.97 Å². The van der Waals surface area contributed by atoms with Crippen LogP contribution in [0.15, 0.2) is 30.3 Å². The zero-order valence-corrected chi connectivity index (χ0v) is 13.4. The third-order valence-electron chi connectivity index (χ3n) is 3.23. The Balaban J connectivity index is 2.60. The van der Waals surface area contributed by atoms with Gasteiger partial charge in [0.25, 0.3) is 0 Å². The molecular weight excluding hydrogens is 312 g/mol. The van der Waals surface area contributed by atoms with Gasteiger partial charge in [0, 0.05) is 17.7 Å². The van der Waals surface area contributed by atoms with Gasteiger partial charge < -0.3 is 24.4 Å². The maximum absolute atomic E-state index is 12.0. The first-order chi connectivity index (χ1) is 11.5. The van der Waals surface area contributed by atoms with Gasteiger partial charge in [-0.2, -0.15) is 0 Å². The number of carbonyl (C=O) groups is 1. The van der Waals surface area contributed by atoms with Gasteiger partial charge in [-0.25, -0.2) is 4.79 Å². The van der Waals surface area contributed by atoms with E-state index in [0.29, 0.717) is 16.9 Å². The molecule has 0 aliphatic carbocycles. The molecule has 2 aromatic carbocycles. The maximum atomic E-state index is 12.0. The second-order valence-corrected chi connectivity index (χ2v) is 4.70. The summed E-state index contributed by atoms with van der Waals surface area (Å²) in [6.45, 7) is 0. The van der Waals surface area contributed by atoms with E-state index in [1.165, 1.54) is 39.5 Å². The first kappa shape index (κ1) is 17.0. The highest BCUT2D eigenvalue weighted by Gasteiger charge is 2.19. The second-order valence-electron chi connectivity index (χ2n) is 4.70. The van der Waals surface area contributed by atoms with Crippen molar-refractivity contribution in [1.82, 2.24) is 0 Å².